The molecular weight excluding hydrogens is 318 g/mol. The number of nitro benzene ring substituents is 1. The van der Waals surface area contributed by atoms with Gasteiger partial charge in [-0.15, -0.1) is 0 Å². The summed E-state index contributed by atoms with van der Waals surface area (Å²) in [4.78, 5) is 21.9. The Labute approximate surface area is 128 Å². The summed E-state index contributed by atoms with van der Waals surface area (Å²) in [7, 11) is -2.86. The largest absolute Gasteiger partial charge is 0.276 e. The van der Waals surface area contributed by atoms with Crippen molar-refractivity contribution in [3.05, 3.63) is 38.9 Å². The number of rotatable bonds is 4. The first-order valence-corrected chi connectivity index (χ1v) is 7.99. The quantitative estimate of drug-likeness (QED) is 0.396. The monoisotopic (exact) mass is 331 g/mol. The molecule has 0 amide bonds. The molecule has 0 atom stereocenters. The van der Waals surface area contributed by atoms with Crippen LogP contribution in [0.3, 0.4) is 0 Å². The Morgan fingerprint density at radius 2 is 1.90 bits per heavy atom. The van der Waals surface area contributed by atoms with Crippen LogP contribution in [0, 0.1) is 17.0 Å². The molecule has 0 spiro atoms. The number of nitro groups is 1. The van der Waals surface area contributed by atoms with Crippen molar-refractivity contribution in [2.45, 2.75) is 37.4 Å². The minimum atomic E-state index is -2.86. The topological polar surface area (TPSA) is 94.3 Å². The number of aryl methyl sites for hydroxylation is 1. The highest BCUT2D eigenvalue weighted by Gasteiger charge is 2.44. The van der Waals surface area contributed by atoms with Gasteiger partial charge in [-0.05, 0) is 43.0 Å². The summed E-state index contributed by atoms with van der Waals surface area (Å²) in [6.07, 6.45) is 2.13. The second kappa shape index (κ2) is 5.73. The second-order valence-electron chi connectivity index (χ2n) is 5.21. The van der Waals surface area contributed by atoms with Gasteiger partial charge in [-0.1, -0.05) is 12.8 Å². The summed E-state index contributed by atoms with van der Waals surface area (Å²) in [6.45, 7) is 1.59. The Morgan fingerprint density at radius 3 is 2.33 bits per heavy atom. The predicted molar refractivity (Wildman–Crippen MR) is 78.5 cm³/mol. The summed E-state index contributed by atoms with van der Waals surface area (Å²) in [5.41, 5.74) is 0.283. The Hall–Kier alpha value is -1.47. The van der Waals surface area contributed by atoms with Crippen LogP contribution >= 0.6 is 11.6 Å². The van der Waals surface area contributed by atoms with Gasteiger partial charge in [-0.25, -0.2) is 8.42 Å². The highest BCUT2D eigenvalue weighted by molar-refractivity contribution is 7.73. The van der Waals surface area contributed by atoms with E-state index in [-0.39, 0.29) is 16.8 Å². The minimum Gasteiger partial charge on any atom is -0.276 e. The van der Waals surface area contributed by atoms with Crippen LogP contribution in [-0.2, 0) is 15.5 Å². The first-order chi connectivity index (χ1) is 9.79. The first-order valence-electron chi connectivity index (χ1n) is 6.43. The van der Waals surface area contributed by atoms with Crippen molar-refractivity contribution in [3.63, 3.8) is 0 Å². The van der Waals surface area contributed by atoms with Gasteiger partial charge in [0.15, 0.2) is 0 Å². The van der Waals surface area contributed by atoms with E-state index in [1.165, 1.54) is 6.07 Å². The predicted octanol–water partition coefficient (Wildman–Crippen LogP) is 2.66. The molecular formula is C13H14ClNO5S. The number of benzene rings is 1. The zero-order chi connectivity index (χ0) is 15.8. The van der Waals surface area contributed by atoms with Crippen LogP contribution in [0.25, 0.3) is 0 Å². The van der Waals surface area contributed by atoms with Crippen molar-refractivity contribution in [3.8, 4) is 0 Å². The van der Waals surface area contributed by atoms with Crippen molar-refractivity contribution < 1.29 is 18.1 Å². The summed E-state index contributed by atoms with van der Waals surface area (Å²) in [5.74, 6) is 0. The molecule has 0 radical (unpaired) electrons. The highest BCUT2D eigenvalue weighted by Crippen LogP contribution is 2.46. The van der Waals surface area contributed by atoms with Crippen LogP contribution in [0.1, 0.15) is 47.2 Å². The molecule has 0 aromatic heterocycles. The van der Waals surface area contributed by atoms with E-state index in [0.717, 1.165) is 6.07 Å². The normalized spacial score (nSPS) is 17.1. The number of carbonyl (C=O) groups is 1. The number of hydrogen-bond donors (Lipinski definition) is 1. The van der Waals surface area contributed by atoms with E-state index in [4.69, 9.17) is 11.6 Å². The van der Waals surface area contributed by atoms with E-state index in [1.807, 2.05) is 0 Å². The molecule has 1 aliphatic carbocycles. The number of thiol groups is 1. The molecule has 21 heavy (non-hydrogen) atoms. The van der Waals surface area contributed by atoms with Crippen LogP contribution < -0.4 is 0 Å². The van der Waals surface area contributed by atoms with Gasteiger partial charge >= 0.3 is 0 Å². The fourth-order valence-electron chi connectivity index (χ4n) is 2.94. The maximum atomic E-state index is 11.8. The molecule has 0 bridgehead atoms. The number of halogens is 1. The Balaban J connectivity index is 2.76. The summed E-state index contributed by atoms with van der Waals surface area (Å²) in [5, 5.41) is 10.5. The third-order valence-electron chi connectivity index (χ3n) is 4.03. The molecule has 1 aliphatic rings. The van der Waals surface area contributed by atoms with Gasteiger partial charge in [0, 0.05) is 11.6 Å². The van der Waals surface area contributed by atoms with Gasteiger partial charge in [-0.3, -0.25) is 14.9 Å². The molecule has 1 aromatic rings. The van der Waals surface area contributed by atoms with Crippen LogP contribution in [0.5, 0.6) is 0 Å². The zero-order valence-corrected chi connectivity index (χ0v) is 12.9. The maximum absolute atomic E-state index is 11.8. The van der Waals surface area contributed by atoms with Crippen LogP contribution in [0.4, 0.5) is 5.69 Å². The summed E-state index contributed by atoms with van der Waals surface area (Å²) in [6, 6.07) is 2.50. The van der Waals surface area contributed by atoms with Gasteiger partial charge in [0.1, 0.15) is 15.5 Å². The van der Waals surface area contributed by atoms with Crippen molar-refractivity contribution >= 4 is 33.2 Å². The van der Waals surface area contributed by atoms with Gasteiger partial charge in [0.25, 0.3) is 10.9 Å². The fraction of sp³-hybridized carbons (Fsp3) is 0.462. The number of hydrogen-bond acceptors (Lipinski definition) is 5. The fourth-order valence-corrected chi connectivity index (χ4v) is 4.20. The van der Waals surface area contributed by atoms with Crippen LogP contribution in [0.15, 0.2) is 12.1 Å². The first kappa shape index (κ1) is 15.9. The molecule has 0 N–H and O–H groups in total. The van der Waals surface area contributed by atoms with Gasteiger partial charge in [0.2, 0.25) is 0 Å². The Kier molecular flexibility index (Phi) is 4.34. The zero-order valence-electron chi connectivity index (χ0n) is 11.3. The molecule has 114 valence electrons. The standard InChI is InChI=1S/C13H14ClNO5S/c1-8-6-10(13(21(19)20)4-2-3-5-13)11(15(17)18)7-9(8)12(14)16/h6-7,21H,2-5H2,1H3. The van der Waals surface area contributed by atoms with Crippen molar-refractivity contribution in [1.29, 1.82) is 0 Å². The highest BCUT2D eigenvalue weighted by atomic mass is 35.5. The lowest BCUT2D eigenvalue weighted by Gasteiger charge is -2.23. The molecule has 0 saturated heterocycles. The van der Waals surface area contributed by atoms with Crippen LogP contribution in [0.2, 0.25) is 0 Å². The molecule has 0 heterocycles. The van der Waals surface area contributed by atoms with Crippen molar-refractivity contribution in [2.75, 3.05) is 0 Å². The third-order valence-corrected chi connectivity index (χ3v) is 5.62. The van der Waals surface area contributed by atoms with Gasteiger partial charge < -0.3 is 0 Å². The molecule has 1 aromatic carbocycles. The molecule has 8 heteroatoms. The average Bonchev–Trinajstić information content (AvgIpc) is 2.87. The van der Waals surface area contributed by atoms with E-state index in [0.29, 0.717) is 31.2 Å². The average molecular weight is 332 g/mol. The van der Waals surface area contributed by atoms with E-state index >= 15 is 0 Å². The molecule has 2 rings (SSSR count). The van der Waals surface area contributed by atoms with Crippen LogP contribution in [-0.4, -0.2) is 18.6 Å². The molecule has 1 saturated carbocycles. The SMILES string of the molecule is Cc1cc(C2([SH](=O)=O)CCCC2)c([N+](=O)[O-])cc1C(=O)Cl. The molecule has 1 fully saturated rings. The molecule has 0 aliphatic heterocycles. The number of carbonyl (C=O) groups excluding carboxylic acids is 1. The van der Waals surface area contributed by atoms with Gasteiger partial charge in [0.05, 0.1) is 10.5 Å². The lowest BCUT2D eigenvalue weighted by atomic mass is 9.91. The maximum Gasteiger partial charge on any atom is 0.274 e. The van der Waals surface area contributed by atoms with Crippen molar-refractivity contribution in [1.82, 2.24) is 0 Å². The summed E-state index contributed by atoms with van der Waals surface area (Å²) >= 11 is 5.41. The minimum absolute atomic E-state index is 0.0291. The van der Waals surface area contributed by atoms with E-state index in [9.17, 15) is 23.3 Å². The lowest BCUT2D eigenvalue weighted by molar-refractivity contribution is -0.385. The smallest absolute Gasteiger partial charge is 0.274 e. The molecule has 0 unspecified atom stereocenters. The Morgan fingerprint density at radius 1 is 1.33 bits per heavy atom. The van der Waals surface area contributed by atoms with E-state index < -0.39 is 25.6 Å². The lowest BCUT2D eigenvalue weighted by Crippen LogP contribution is -2.25. The van der Waals surface area contributed by atoms with Crippen molar-refractivity contribution in [2.24, 2.45) is 0 Å². The number of nitrogens with zero attached hydrogens (tertiary/aromatic N) is 1. The van der Waals surface area contributed by atoms with E-state index in [2.05, 4.69) is 0 Å². The summed E-state index contributed by atoms with van der Waals surface area (Å²) < 4.78 is 22.3. The van der Waals surface area contributed by atoms with E-state index in [1.54, 1.807) is 6.92 Å². The van der Waals surface area contributed by atoms with Gasteiger partial charge in [-0.2, -0.15) is 0 Å². The second-order valence-corrected chi connectivity index (χ2v) is 6.92. The molecule has 6 nitrogen and oxygen atoms in total. The third kappa shape index (κ3) is 2.67. The Bertz CT molecular complexity index is 684.